The number of anilines is 1. The number of nitrogens with zero attached hydrogens (tertiary/aromatic N) is 1. The van der Waals surface area contributed by atoms with E-state index in [0.717, 1.165) is 9.21 Å². The Morgan fingerprint density at radius 2 is 2.33 bits per heavy atom. The maximum atomic E-state index is 11.4. The molecule has 0 unspecified atom stereocenters. The van der Waals surface area contributed by atoms with Gasteiger partial charge in [0.25, 0.3) is 0 Å². The number of methoxy groups -OCH3 is 1. The number of ether oxygens (including phenoxy) is 1. The lowest BCUT2D eigenvalue weighted by Crippen LogP contribution is -2.04. The first-order valence-corrected chi connectivity index (χ1v) is 6.41. The smallest absolute Gasteiger partial charge is 0.338 e. The topological polar surface area (TPSA) is 51.2 Å². The van der Waals surface area contributed by atoms with E-state index in [-0.39, 0.29) is 5.97 Å². The number of halogens is 1. The number of carbonyl (C=O) groups excluding carboxylic acids is 1. The third kappa shape index (κ3) is 3.21. The molecule has 4 nitrogen and oxygen atoms in total. The lowest BCUT2D eigenvalue weighted by Gasteiger charge is -2.05. The van der Waals surface area contributed by atoms with Gasteiger partial charge < -0.3 is 10.1 Å². The predicted octanol–water partition coefficient (Wildman–Crippen LogP) is 3.20. The number of esters is 1. The third-order valence-corrected chi connectivity index (χ3v) is 3.48. The van der Waals surface area contributed by atoms with E-state index >= 15 is 0 Å². The first-order chi connectivity index (χ1) is 8.69. The number of carbonyl (C=O) groups is 1. The molecule has 0 bridgehead atoms. The first-order valence-electron chi connectivity index (χ1n) is 5.21. The van der Waals surface area contributed by atoms with Gasteiger partial charge in [0.1, 0.15) is 5.82 Å². The van der Waals surface area contributed by atoms with Gasteiger partial charge in [-0.3, -0.25) is 0 Å². The largest absolute Gasteiger partial charge is 0.465 e. The summed E-state index contributed by atoms with van der Waals surface area (Å²) in [7, 11) is 1.35. The van der Waals surface area contributed by atoms with Gasteiger partial charge in [0.2, 0.25) is 0 Å². The molecule has 0 atom stereocenters. The number of thiophene rings is 1. The second-order valence-corrected chi connectivity index (χ2v) is 5.28. The molecule has 0 saturated carbocycles. The summed E-state index contributed by atoms with van der Waals surface area (Å²) in [6.45, 7) is 0.620. The molecule has 0 aliphatic heterocycles. The molecule has 2 rings (SSSR count). The van der Waals surface area contributed by atoms with Crippen LogP contribution in [-0.4, -0.2) is 18.1 Å². The monoisotopic (exact) mass is 282 g/mol. The van der Waals surface area contributed by atoms with Crippen LogP contribution < -0.4 is 5.32 Å². The Hall–Kier alpha value is -1.59. The Morgan fingerprint density at radius 3 is 3.00 bits per heavy atom. The third-order valence-electron chi connectivity index (χ3n) is 2.25. The van der Waals surface area contributed by atoms with Gasteiger partial charge >= 0.3 is 5.97 Å². The molecular formula is C12H11ClN2O2S. The fourth-order valence-electron chi connectivity index (χ4n) is 1.40. The van der Waals surface area contributed by atoms with E-state index in [4.69, 9.17) is 11.6 Å². The van der Waals surface area contributed by atoms with Crippen LogP contribution in [0.4, 0.5) is 5.82 Å². The molecule has 0 saturated heterocycles. The summed E-state index contributed by atoms with van der Waals surface area (Å²) in [4.78, 5) is 16.6. The minimum atomic E-state index is -0.375. The van der Waals surface area contributed by atoms with Crippen LogP contribution in [0.5, 0.6) is 0 Å². The number of hydrogen-bond acceptors (Lipinski definition) is 5. The summed E-state index contributed by atoms with van der Waals surface area (Å²) in [5, 5.41) is 3.13. The molecule has 6 heteroatoms. The Balaban J connectivity index is 2.03. The van der Waals surface area contributed by atoms with Crippen molar-refractivity contribution in [1.82, 2.24) is 4.98 Å². The van der Waals surface area contributed by atoms with Gasteiger partial charge in [-0.2, -0.15) is 0 Å². The van der Waals surface area contributed by atoms with E-state index in [0.29, 0.717) is 17.9 Å². The van der Waals surface area contributed by atoms with Crippen molar-refractivity contribution < 1.29 is 9.53 Å². The lowest BCUT2D eigenvalue weighted by molar-refractivity contribution is 0.0600. The van der Waals surface area contributed by atoms with E-state index in [9.17, 15) is 4.79 Å². The summed E-state index contributed by atoms with van der Waals surface area (Å²) in [6, 6.07) is 7.06. The predicted molar refractivity (Wildman–Crippen MR) is 72.2 cm³/mol. The standard InChI is InChI=1S/C12H11ClN2O2S/c1-17-12(16)8-4-5-14-11(6-8)15-7-9-2-3-10(13)18-9/h2-6H,7H2,1H3,(H,14,15). The molecule has 0 radical (unpaired) electrons. The van der Waals surface area contributed by atoms with Crippen molar-refractivity contribution in [3.8, 4) is 0 Å². The van der Waals surface area contributed by atoms with Gasteiger partial charge in [0.15, 0.2) is 0 Å². The summed E-state index contributed by atoms with van der Waals surface area (Å²) >= 11 is 7.35. The van der Waals surface area contributed by atoms with Gasteiger partial charge in [0, 0.05) is 11.1 Å². The Morgan fingerprint density at radius 1 is 1.50 bits per heavy atom. The van der Waals surface area contributed by atoms with Gasteiger partial charge in [0.05, 0.1) is 23.6 Å². The zero-order valence-corrected chi connectivity index (χ0v) is 11.2. The molecule has 0 fully saturated rings. The number of pyridine rings is 1. The fourth-order valence-corrected chi connectivity index (χ4v) is 2.42. The maximum absolute atomic E-state index is 11.4. The molecule has 2 aromatic heterocycles. The van der Waals surface area contributed by atoms with Gasteiger partial charge in [-0.05, 0) is 24.3 Å². The van der Waals surface area contributed by atoms with Crippen molar-refractivity contribution in [3.05, 3.63) is 45.2 Å². The zero-order chi connectivity index (χ0) is 13.0. The van der Waals surface area contributed by atoms with E-state index in [1.807, 2.05) is 12.1 Å². The second kappa shape index (κ2) is 5.84. The molecule has 0 amide bonds. The molecule has 1 N–H and O–H groups in total. The normalized spacial score (nSPS) is 10.1. The second-order valence-electron chi connectivity index (χ2n) is 3.48. The van der Waals surface area contributed by atoms with Crippen LogP contribution in [0, 0.1) is 0 Å². The van der Waals surface area contributed by atoms with Crippen LogP contribution >= 0.6 is 22.9 Å². The highest BCUT2D eigenvalue weighted by Crippen LogP contribution is 2.22. The minimum Gasteiger partial charge on any atom is -0.465 e. The van der Waals surface area contributed by atoms with E-state index in [1.54, 1.807) is 18.3 Å². The van der Waals surface area contributed by atoms with Crippen LogP contribution in [0.25, 0.3) is 0 Å². The number of aromatic nitrogens is 1. The molecule has 0 aromatic carbocycles. The van der Waals surface area contributed by atoms with E-state index < -0.39 is 0 Å². The van der Waals surface area contributed by atoms with Crippen LogP contribution in [0.15, 0.2) is 30.5 Å². The van der Waals surface area contributed by atoms with Crippen molar-refractivity contribution in [2.45, 2.75) is 6.54 Å². The van der Waals surface area contributed by atoms with Crippen molar-refractivity contribution in [2.24, 2.45) is 0 Å². The van der Waals surface area contributed by atoms with Crippen LogP contribution in [0.2, 0.25) is 4.34 Å². The molecule has 0 aliphatic rings. The number of rotatable bonds is 4. The number of hydrogen-bond donors (Lipinski definition) is 1. The highest BCUT2D eigenvalue weighted by molar-refractivity contribution is 7.16. The molecule has 2 heterocycles. The Bertz CT molecular complexity index is 557. The van der Waals surface area contributed by atoms with E-state index in [1.165, 1.54) is 18.4 Å². The van der Waals surface area contributed by atoms with Gasteiger partial charge in [-0.25, -0.2) is 9.78 Å². The lowest BCUT2D eigenvalue weighted by atomic mass is 10.2. The van der Waals surface area contributed by atoms with Gasteiger partial charge in [-0.1, -0.05) is 11.6 Å². The van der Waals surface area contributed by atoms with Crippen LogP contribution in [-0.2, 0) is 11.3 Å². The van der Waals surface area contributed by atoms with E-state index in [2.05, 4.69) is 15.0 Å². The summed E-state index contributed by atoms with van der Waals surface area (Å²) < 4.78 is 5.40. The Kier molecular flexibility index (Phi) is 4.17. The van der Waals surface area contributed by atoms with Crippen molar-refractivity contribution in [3.63, 3.8) is 0 Å². The fraction of sp³-hybridized carbons (Fsp3) is 0.167. The quantitative estimate of drug-likeness (QED) is 0.875. The first kappa shape index (κ1) is 12.9. The summed E-state index contributed by atoms with van der Waals surface area (Å²) in [5.41, 5.74) is 0.471. The van der Waals surface area contributed by atoms with Crippen molar-refractivity contribution in [1.29, 1.82) is 0 Å². The Labute approximate surface area is 114 Å². The highest BCUT2D eigenvalue weighted by atomic mass is 35.5. The molecule has 18 heavy (non-hydrogen) atoms. The van der Waals surface area contributed by atoms with Crippen molar-refractivity contribution >= 4 is 34.7 Å². The minimum absolute atomic E-state index is 0.375. The van der Waals surface area contributed by atoms with Crippen LogP contribution in [0.3, 0.4) is 0 Å². The maximum Gasteiger partial charge on any atom is 0.338 e. The highest BCUT2D eigenvalue weighted by Gasteiger charge is 2.06. The molecule has 0 aliphatic carbocycles. The van der Waals surface area contributed by atoms with Gasteiger partial charge in [-0.15, -0.1) is 11.3 Å². The average molecular weight is 283 g/mol. The average Bonchev–Trinajstić information content (AvgIpc) is 2.81. The summed E-state index contributed by atoms with van der Waals surface area (Å²) in [6.07, 6.45) is 1.57. The molecule has 94 valence electrons. The van der Waals surface area contributed by atoms with Crippen molar-refractivity contribution in [2.75, 3.05) is 12.4 Å². The molecule has 0 spiro atoms. The molecular weight excluding hydrogens is 272 g/mol. The SMILES string of the molecule is COC(=O)c1ccnc(NCc2ccc(Cl)s2)c1. The zero-order valence-electron chi connectivity index (χ0n) is 9.64. The number of nitrogens with one attached hydrogen (secondary N) is 1. The molecule has 2 aromatic rings. The summed E-state index contributed by atoms with van der Waals surface area (Å²) in [5.74, 6) is 0.252. The van der Waals surface area contributed by atoms with Crippen LogP contribution in [0.1, 0.15) is 15.2 Å².